The maximum atomic E-state index is 12.9. The van der Waals surface area contributed by atoms with Crippen LogP contribution in [0.25, 0.3) is 0 Å². The van der Waals surface area contributed by atoms with E-state index in [2.05, 4.69) is 0 Å². The third kappa shape index (κ3) is 7.02. The number of carbonyl (C=O) groups excluding carboxylic acids is 3. The van der Waals surface area contributed by atoms with Gasteiger partial charge in [-0.1, -0.05) is 6.42 Å². The Morgan fingerprint density at radius 2 is 2.00 bits per heavy atom. The van der Waals surface area contributed by atoms with Gasteiger partial charge in [-0.15, -0.1) is 0 Å². The molecule has 2 rings (SSSR count). The van der Waals surface area contributed by atoms with Crippen molar-refractivity contribution < 1.29 is 36.8 Å². The first-order chi connectivity index (χ1) is 15.5. The predicted molar refractivity (Wildman–Crippen MR) is 116 cm³/mol. The molecule has 13 nitrogen and oxygen atoms in total. The van der Waals surface area contributed by atoms with Crippen LogP contribution in [0.5, 0.6) is 11.5 Å². The molecule has 1 aromatic carbocycles. The van der Waals surface area contributed by atoms with Crippen LogP contribution < -0.4 is 26.7 Å². The average molecular weight is 488 g/mol. The summed E-state index contributed by atoms with van der Waals surface area (Å²) < 4.78 is 36.3. The number of carbonyl (C=O) groups is 3. The zero-order chi connectivity index (χ0) is 24.8. The SMILES string of the molecule is COc1cc(C(=O)N2C[C@H](OS(=O)(=O)NC(=O)[C@@H](N)CCCCN)C[C@H]2C(N)=O)ccc1O. The van der Waals surface area contributed by atoms with E-state index < -0.39 is 46.2 Å². The second-order valence-electron chi connectivity index (χ2n) is 7.53. The van der Waals surface area contributed by atoms with E-state index in [1.54, 1.807) is 4.72 Å². The molecule has 0 bridgehead atoms. The Morgan fingerprint density at radius 1 is 1.30 bits per heavy atom. The molecular formula is C19H29N5O8S. The van der Waals surface area contributed by atoms with Crippen molar-refractivity contribution in [3.05, 3.63) is 23.8 Å². The molecule has 1 aromatic rings. The van der Waals surface area contributed by atoms with E-state index in [0.717, 1.165) is 4.90 Å². The molecule has 1 aliphatic heterocycles. The van der Waals surface area contributed by atoms with Crippen LogP contribution in [0.15, 0.2) is 18.2 Å². The number of primary amides is 1. The fourth-order valence-electron chi connectivity index (χ4n) is 3.38. The Kier molecular flexibility index (Phi) is 8.99. The molecule has 1 aliphatic rings. The van der Waals surface area contributed by atoms with Crippen molar-refractivity contribution in [2.75, 3.05) is 20.2 Å². The number of unbranched alkanes of at least 4 members (excludes halogenated alkanes) is 1. The first kappa shape index (κ1) is 26.3. The van der Waals surface area contributed by atoms with Gasteiger partial charge >= 0.3 is 10.3 Å². The van der Waals surface area contributed by atoms with Gasteiger partial charge in [-0.2, -0.15) is 8.42 Å². The van der Waals surface area contributed by atoms with Gasteiger partial charge in [-0.3, -0.25) is 14.4 Å². The van der Waals surface area contributed by atoms with Crippen molar-refractivity contribution in [3.63, 3.8) is 0 Å². The van der Waals surface area contributed by atoms with Crippen LogP contribution in [0.3, 0.4) is 0 Å². The number of nitrogens with two attached hydrogens (primary N) is 3. The molecule has 0 aliphatic carbocycles. The fraction of sp³-hybridized carbons (Fsp3) is 0.526. The lowest BCUT2D eigenvalue weighted by molar-refractivity contribution is -0.122. The van der Waals surface area contributed by atoms with Crippen LogP contribution >= 0.6 is 0 Å². The lowest BCUT2D eigenvalue weighted by Crippen LogP contribution is -2.45. The van der Waals surface area contributed by atoms with Crippen molar-refractivity contribution in [2.45, 2.75) is 43.9 Å². The minimum absolute atomic E-state index is 0.0385. The highest BCUT2D eigenvalue weighted by atomic mass is 32.2. The van der Waals surface area contributed by atoms with E-state index in [9.17, 15) is 27.9 Å². The average Bonchev–Trinajstić information content (AvgIpc) is 3.16. The van der Waals surface area contributed by atoms with Gasteiger partial charge in [0.2, 0.25) is 5.91 Å². The number of ether oxygens (including phenoxy) is 1. The van der Waals surface area contributed by atoms with Gasteiger partial charge in [-0.05, 0) is 37.6 Å². The Hall–Kier alpha value is -2.94. The third-order valence-corrected chi connectivity index (χ3v) is 6.05. The van der Waals surface area contributed by atoms with Gasteiger partial charge in [0.15, 0.2) is 11.5 Å². The van der Waals surface area contributed by atoms with Crippen LogP contribution in [-0.2, 0) is 24.1 Å². The largest absolute Gasteiger partial charge is 0.504 e. The summed E-state index contributed by atoms with van der Waals surface area (Å²) in [6.07, 6.45) is 0.0909. The smallest absolute Gasteiger partial charge is 0.362 e. The number of nitrogens with one attached hydrogen (secondary N) is 1. The van der Waals surface area contributed by atoms with Crippen molar-refractivity contribution in [1.29, 1.82) is 0 Å². The fourth-order valence-corrected chi connectivity index (χ4v) is 4.32. The normalized spacial score (nSPS) is 19.2. The van der Waals surface area contributed by atoms with E-state index in [0.29, 0.717) is 19.4 Å². The summed E-state index contributed by atoms with van der Waals surface area (Å²) in [5.74, 6) is -2.60. The molecule has 0 unspecified atom stereocenters. The zero-order valence-corrected chi connectivity index (χ0v) is 18.9. The summed E-state index contributed by atoms with van der Waals surface area (Å²) >= 11 is 0. The maximum absolute atomic E-state index is 12.9. The number of amides is 3. The molecule has 33 heavy (non-hydrogen) atoms. The van der Waals surface area contributed by atoms with Gasteiger partial charge in [0, 0.05) is 18.5 Å². The Bertz CT molecular complexity index is 986. The first-order valence-electron chi connectivity index (χ1n) is 10.2. The van der Waals surface area contributed by atoms with Gasteiger partial charge in [-0.25, -0.2) is 8.91 Å². The number of benzene rings is 1. The van der Waals surface area contributed by atoms with E-state index in [1.165, 1.54) is 25.3 Å². The molecule has 1 saturated heterocycles. The summed E-state index contributed by atoms with van der Waals surface area (Å²) in [7, 11) is -3.26. The van der Waals surface area contributed by atoms with Crippen molar-refractivity contribution >= 4 is 28.0 Å². The highest BCUT2D eigenvalue weighted by molar-refractivity contribution is 7.85. The lowest BCUT2D eigenvalue weighted by Gasteiger charge is -2.22. The number of methoxy groups -OCH3 is 1. The molecule has 184 valence electrons. The number of likely N-dealkylation sites (tertiary alicyclic amines) is 1. The second kappa shape index (κ2) is 11.3. The number of hydrogen-bond acceptors (Lipinski definition) is 10. The highest BCUT2D eigenvalue weighted by Gasteiger charge is 2.41. The van der Waals surface area contributed by atoms with Crippen molar-refractivity contribution in [2.24, 2.45) is 17.2 Å². The lowest BCUT2D eigenvalue weighted by atomic mass is 10.1. The minimum Gasteiger partial charge on any atom is -0.504 e. The number of hydrogen-bond donors (Lipinski definition) is 5. The first-order valence-corrected chi connectivity index (χ1v) is 11.6. The standard InChI is InChI=1S/C19H29N5O8S/c1-31-16-8-11(5-6-15(16)25)19(28)24-10-12(9-14(24)17(22)26)32-33(29,30)23-18(27)13(21)4-2-3-7-20/h5-6,8,12-14,25H,2-4,7,9-10,20-21H2,1H3,(H2,22,26)(H,23,27)/t12-,13+,14+/m1/s1. The van der Waals surface area contributed by atoms with E-state index in [-0.39, 0.29) is 36.4 Å². The van der Waals surface area contributed by atoms with E-state index in [1.807, 2.05) is 0 Å². The highest BCUT2D eigenvalue weighted by Crippen LogP contribution is 2.29. The summed E-state index contributed by atoms with van der Waals surface area (Å²) in [5.41, 5.74) is 16.5. The van der Waals surface area contributed by atoms with Crippen LogP contribution in [0.1, 0.15) is 36.0 Å². The van der Waals surface area contributed by atoms with E-state index in [4.69, 9.17) is 26.1 Å². The van der Waals surface area contributed by atoms with Crippen LogP contribution in [0.2, 0.25) is 0 Å². The molecule has 3 atom stereocenters. The minimum atomic E-state index is -4.57. The van der Waals surface area contributed by atoms with Gasteiger partial charge < -0.3 is 31.9 Å². The zero-order valence-electron chi connectivity index (χ0n) is 18.1. The second-order valence-corrected chi connectivity index (χ2v) is 8.83. The van der Waals surface area contributed by atoms with E-state index >= 15 is 0 Å². The molecular weight excluding hydrogens is 458 g/mol. The number of nitrogens with zero attached hydrogens (tertiary/aromatic N) is 1. The molecule has 14 heteroatoms. The van der Waals surface area contributed by atoms with Crippen molar-refractivity contribution in [3.8, 4) is 11.5 Å². The predicted octanol–water partition coefficient (Wildman–Crippen LogP) is -1.70. The monoisotopic (exact) mass is 487 g/mol. The molecule has 0 spiro atoms. The molecule has 3 amide bonds. The number of rotatable bonds is 11. The van der Waals surface area contributed by atoms with Crippen molar-refractivity contribution in [1.82, 2.24) is 9.62 Å². The molecule has 0 radical (unpaired) electrons. The topological polar surface area (TPSA) is 217 Å². The maximum Gasteiger partial charge on any atom is 0.362 e. The summed E-state index contributed by atoms with van der Waals surface area (Å²) in [6, 6.07) is 1.61. The molecule has 1 heterocycles. The molecule has 1 fully saturated rings. The Balaban J connectivity index is 2.08. The van der Waals surface area contributed by atoms with Crippen LogP contribution in [0, 0.1) is 0 Å². The van der Waals surface area contributed by atoms with Gasteiger partial charge in [0.05, 0.1) is 19.3 Å². The molecule has 0 saturated carbocycles. The molecule has 0 aromatic heterocycles. The summed E-state index contributed by atoms with van der Waals surface area (Å²) in [4.78, 5) is 37.9. The molecule has 8 N–H and O–H groups in total. The van der Waals surface area contributed by atoms with Crippen LogP contribution in [-0.4, -0.2) is 74.5 Å². The summed E-state index contributed by atoms with van der Waals surface area (Å²) in [6.45, 7) is 0.137. The number of phenolic OH excluding ortho intramolecular Hbond substituents is 1. The van der Waals surface area contributed by atoms with Gasteiger partial charge in [0.25, 0.3) is 11.8 Å². The number of phenols is 1. The van der Waals surface area contributed by atoms with Gasteiger partial charge in [0.1, 0.15) is 6.04 Å². The number of aromatic hydroxyl groups is 1. The third-order valence-electron chi connectivity index (χ3n) is 5.07. The Morgan fingerprint density at radius 3 is 2.61 bits per heavy atom. The Labute approximate surface area is 191 Å². The summed E-state index contributed by atoms with van der Waals surface area (Å²) in [5, 5.41) is 9.70. The van der Waals surface area contributed by atoms with Crippen LogP contribution in [0.4, 0.5) is 0 Å². The quantitative estimate of drug-likeness (QED) is 0.223.